The zero-order valence-electron chi connectivity index (χ0n) is 10.8. The average Bonchev–Trinajstić information content (AvgIpc) is 2.34. The highest BCUT2D eigenvalue weighted by Gasteiger charge is 2.37. The molecule has 0 saturated heterocycles. The minimum absolute atomic E-state index is 0.0893. The molecule has 98 valence electrons. The summed E-state index contributed by atoms with van der Waals surface area (Å²) in [6.07, 6.45) is 2.09. The number of aliphatic hydroxyl groups is 1. The molecule has 0 saturated carbocycles. The summed E-state index contributed by atoms with van der Waals surface area (Å²) in [5.41, 5.74) is 0. The Morgan fingerprint density at radius 1 is 0.875 bits per heavy atom. The van der Waals surface area contributed by atoms with Crippen molar-refractivity contribution in [3.05, 3.63) is 0 Å². The van der Waals surface area contributed by atoms with Gasteiger partial charge in [0, 0.05) is 31.2 Å². The number of hydrogen-bond acceptors (Lipinski definition) is 3. The molecule has 0 rings (SSSR count). The molecule has 0 atom stereocenters. The largest absolute Gasteiger partial charge is 0.395 e. The second-order valence-electron chi connectivity index (χ2n) is 3.78. The van der Waals surface area contributed by atoms with Crippen LogP contribution in [-0.2, 0) is 9.13 Å². The van der Waals surface area contributed by atoms with Gasteiger partial charge in [0.25, 0.3) is 0 Å². The molecule has 0 aliphatic rings. The van der Waals surface area contributed by atoms with Crippen molar-refractivity contribution in [2.24, 2.45) is 0 Å². The zero-order chi connectivity index (χ0) is 12.8. The lowest BCUT2D eigenvalue weighted by Crippen LogP contribution is -2.25. The van der Waals surface area contributed by atoms with Crippen molar-refractivity contribution in [3.63, 3.8) is 0 Å². The van der Waals surface area contributed by atoms with Gasteiger partial charge in [0.2, 0.25) is 0 Å². The Morgan fingerprint density at radius 3 is 1.38 bits per heavy atom. The Hall–Kier alpha value is 0.380. The van der Waals surface area contributed by atoms with Crippen molar-refractivity contribution in [1.82, 2.24) is 4.44 Å². The van der Waals surface area contributed by atoms with Crippen LogP contribution in [0.3, 0.4) is 0 Å². The number of hydrogen-bond donors (Lipinski definition) is 1. The topological polar surface area (TPSA) is 57.6 Å². The van der Waals surface area contributed by atoms with E-state index < -0.39 is 14.6 Å². The molecule has 0 aliphatic heterocycles. The van der Waals surface area contributed by atoms with Crippen LogP contribution in [0.4, 0.5) is 0 Å². The summed E-state index contributed by atoms with van der Waals surface area (Å²) in [7, 11) is -5.10. The Balaban J connectivity index is 5.29. The minimum Gasteiger partial charge on any atom is -0.395 e. The summed E-state index contributed by atoms with van der Waals surface area (Å²) in [6, 6.07) is 0. The summed E-state index contributed by atoms with van der Waals surface area (Å²) in [5.74, 6) is 0. The first-order chi connectivity index (χ1) is 7.44. The quantitative estimate of drug-likeness (QED) is 0.688. The predicted molar refractivity (Wildman–Crippen MR) is 71.2 cm³/mol. The molecule has 0 unspecified atom stereocenters. The third-order valence-electron chi connectivity index (χ3n) is 3.12. The van der Waals surface area contributed by atoms with Gasteiger partial charge < -0.3 is 14.2 Å². The highest BCUT2D eigenvalue weighted by molar-refractivity contribution is 7.76. The first kappa shape index (κ1) is 16.4. The molecule has 16 heavy (non-hydrogen) atoms. The molecule has 0 spiro atoms. The van der Waals surface area contributed by atoms with Crippen molar-refractivity contribution < 1.29 is 14.2 Å². The van der Waals surface area contributed by atoms with E-state index in [2.05, 4.69) is 0 Å². The number of nitrogens with zero attached hydrogens (tertiary/aromatic N) is 1. The average molecular weight is 269 g/mol. The van der Waals surface area contributed by atoms with Gasteiger partial charge in [0.15, 0.2) is 14.6 Å². The molecule has 0 aromatic carbocycles. The van der Waals surface area contributed by atoms with E-state index in [1.807, 2.05) is 27.7 Å². The highest BCUT2D eigenvalue weighted by atomic mass is 31.2. The SMILES string of the molecule is CCP(=O)(CC)N(CCO)P(=O)(CC)CC. The second-order valence-corrected chi connectivity index (χ2v) is 11.0. The lowest BCUT2D eigenvalue weighted by atomic mass is 10.8. The van der Waals surface area contributed by atoms with Crippen LogP contribution in [0.5, 0.6) is 0 Å². The lowest BCUT2D eigenvalue weighted by molar-refractivity contribution is 0.280. The van der Waals surface area contributed by atoms with E-state index in [4.69, 9.17) is 5.11 Å². The smallest absolute Gasteiger partial charge is 0.155 e. The number of rotatable bonds is 8. The van der Waals surface area contributed by atoms with E-state index in [1.165, 1.54) is 0 Å². The van der Waals surface area contributed by atoms with E-state index >= 15 is 0 Å². The Labute approximate surface area is 99.3 Å². The molecule has 0 aromatic heterocycles. The van der Waals surface area contributed by atoms with Crippen LogP contribution in [0.2, 0.25) is 0 Å². The number of aliphatic hydroxyl groups excluding tert-OH is 1. The molecule has 0 fully saturated rings. The van der Waals surface area contributed by atoms with Crippen molar-refractivity contribution in [3.8, 4) is 0 Å². The van der Waals surface area contributed by atoms with Crippen LogP contribution in [0, 0.1) is 0 Å². The van der Waals surface area contributed by atoms with Crippen LogP contribution in [0.25, 0.3) is 0 Å². The molecular formula is C10H25NO3P2. The van der Waals surface area contributed by atoms with Crippen LogP contribution < -0.4 is 0 Å². The summed E-state index contributed by atoms with van der Waals surface area (Å²) in [5, 5.41) is 9.06. The lowest BCUT2D eigenvalue weighted by Gasteiger charge is -2.35. The van der Waals surface area contributed by atoms with Gasteiger partial charge in [0.05, 0.1) is 6.61 Å². The van der Waals surface area contributed by atoms with E-state index in [-0.39, 0.29) is 13.2 Å². The van der Waals surface area contributed by atoms with E-state index in [1.54, 1.807) is 4.44 Å². The maximum absolute atomic E-state index is 12.6. The molecule has 0 aliphatic carbocycles. The first-order valence-corrected chi connectivity index (χ1v) is 10.1. The normalized spacial score (nSPS) is 13.4. The van der Waals surface area contributed by atoms with E-state index in [9.17, 15) is 9.13 Å². The fourth-order valence-electron chi connectivity index (χ4n) is 1.85. The third kappa shape index (κ3) is 3.43. The van der Waals surface area contributed by atoms with Crippen molar-refractivity contribution in [2.75, 3.05) is 37.8 Å². The van der Waals surface area contributed by atoms with Crippen molar-refractivity contribution >= 4 is 14.6 Å². The summed E-state index contributed by atoms with van der Waals surface area (Å²) < 4.78 is 26.9. The van der Waals surface area contributed by atoms with Gasteiger partial charge in [-0.05, 0) is 0 Å². The van der Waals surface area contributed by atoms with Gasteiger partial charge >= 0.3 is 0 Å². The Kier molecular flexibility index (Phi) is 7.12. The zero-order valence-corrected chi connectivity index (χ0v) is 12.6. The standard InChI is InChI=1S/C10H25NO3P2/c1-5-15(13,6-2)11(9-10-12)16(14,7-3)8-4/h12H,5-10H2,1-4H3. The van der Waals surface area contributed by atoms with Crippen LogP contribution in [-0.4, -0.2) is 47.3 Å². The van der Waals surface area contributed by atoms with Crippen LogP contribution >= 0.6 is 14.6 Å². The van der Waals surface area contributed by atoms with E-state index in [0.29, 0.717) is 24.6 Å². The fourth-order valence-corrected chi connectivity index (χ4v) is 8.85. The molecule has 1 N–H and O–H groups in total. The first-order valence-electron chi connectivity index (χ1n) is 5.99. The van der Waals surface area contributed by atoms with Gasteiger partial charge in [-0.1, -0.05) is 27.7 Å². The molecule has 0 heterocycles. The van der Waals surface area contributed by atoms with Crippen LogP contribution in [0.1, 0.15) is 27.7 Å². The van der Waals surface area contributed by atoms with Gasteiger partial charge in [-0.15, -0.1) is 0 Å². The summed E-state index contributed by atoms with van der Waals surface area (Å²) >= 11 is 0. The third-order valence-corrected chi connectivity index (χ3v) is 11.1. The molecule has 0 radical (unpaired) electrons. The van der Waals surface area contributed by atoms with Gasteiger partial charge in [-0.25, -0.2) is 0 Å². The van der Waals surface area contributed by atoms with E-state index in [0.717, 1.165) is 0 Å². The summed E-state index contributed by atoms with van der Waals surface area (Å²) in [4.78, 5) is 0. The van der Waals surface area contributed by atoms with Crippen molar-refractivity contribution in [2.45, 2.75) is 27.7 Å². The monoisotopic (exact) mass is 269 g/mol. The molecule has 0 aromatic rings. The fraction of sp³-hybridized carbons (Fsp3) is 1.00. The van der Waals surface area contributed by atoms with Gasteiger partial charge in [0.1, 0.15) is 0 Å². The molecular weight excluding hydrogens is 244 g/mol. The Bertz CT molecular complexity index is 252. The molecule has 6 heteroatoms. The minimum atomic E-state index is -2.55. The second kappa shape index (κ2) is 6.96. The van der Waals surface area contributed by atoms with Crippen LogP contribution in [0.15, 0.2) is 0 Å². The van der Waals surface area contributed by atoms with Gasteiger partial charge in [-0.3, -0.25) is 0 Å². The molecule has 0 amide bonds. The highest BCUT2D eigenvalue weighted by Crippen LogP contribution is 2.65. The Morgan fingerprint density at radius 2 is 1.19 bits per heavy atom. The maximum atomic E-state index is 12.6. The predicted octanol–water partition coefficient (Wildman–Crippen LogP) is 2.92. The summed E-state index contributed by atoms with van der Waals surface area (Å²) in [6.45, 7) is 7.63. The molecule has 0 bridgehead atoms. The maximum Gasteiger partial charge on any atom is 0.155 e. The molecule has 4 nitrogen and oxygen atoms in total. The van der Waals surface area contributed by atoms with Gasteiger partial charge in [-0.2, -0.15) is 4.44 Å². The van der Waals surface area contributed by atoms with Crippen molar-refractivity contribution in [1.29, 1.82) is 0 Å².